The van der Waals surface area contributed by atoms with Crippen LogP contribution in [0, 0.1) is 6.92 Å². The molecule has 1 heterocycles. The average molecular weight is 350 g/mol. The van der Waals surface area contributed by atoms with E-state index >= 15 is 0 Å². The van der Waals surface area contributed by atoms with Gasteiger partial charge in [0.05, 0.1) is 12.2 Å². The Hall–Kier alpha value is -1.46. The predicted octanol–water partition coefficient (Wildman–Crippen LogP) is 3.42. The number of aromatic nitrogens is 1. The minimum atomic E-state index is 0.394. The molecule has 0 saturated heterocycles. The standard InChI is InChI=1S/C15H16BrN3S/c1-10-4-3-5-12(18-10)9-19(2)14-7-6-11(16)8-13(14)15(17)20/h3-8H,9H2,1-2H3,(H2,17,20). The second kappa shape index (κ2) is 6.33. The number of aryl methyl sites for hydroxylation is 1. The van der Waals surface area contributed by atoms with Crippen LogP contribution in [0.1, 0.15) is 17.0 Å². The van der Waals surface area contributed by atoms with Crippen LogP contribution >= 0.6 is 28.1 Å². The van der Waals surface area contributed by atoms with Crippen molar-refractivity contribution in [3.63, 3.8) is 0 Å². The number of hydrogen-bond donors (Lipinski definition) is 1. The third-order valence-corrected chi connectivity index (χ3v) is 3.69. The second-order valence-corrected chi connectivity index (χ2v) is 6.01. The Morgan fingerprint density at radius 1 is 1.35 bits per heavy atom. The fraction of sp³-hybridized carbons (Fsp3) is 0.200. The van der Waals surface area contributed by atoms with Gasteiger partial charge in [-0.15, -0.1) is 0 Å². The molecule has 0 aliphatic carbocycles. The molecule has 5 heteroatoms. The first-order chi connectivity index (χ1) is 9.47. The lowest BCUT2D eigenvalue weighted by molar-refractivity contribution is 0.876. The first-order valence-electron chi connectivity index (χ1n) is 6.20. The van der Waals surface area contributed by atoms with Crippen LogP contribution in [-0.2, 0) is 6.54 Å². The summed E-state index contributed by atoms with van der Waals surface area (Å²) in [6, 6.07) is 12.0. The zero-order valence-corrected chi connectivity index (χ0v) is 13.8. The van der Waals surface area contributed by atoms with Gasteiger partial charge in [0, 0.05) is 28.5 Å². The topological polar surface area (TPSA) is 42.1 Å². The Morgan fingerprint density at radius 2 is 2.10 bits per heavy atom. The van der Waals surface area contributed by atoms with Gasteiger partial charge in [0.1, 0.15) is 4.99 Å². The van der Waals surface area contributed by atoms with Crippen LogP contribution in [0.25, 0.3) is 0 Å². The minimum absolute atomic E-state index is 0.394. The molecule has 0 atom stereocenters. The van der Waals surface area contributed by atoms with Gasteiger partial charge in [-0.05, 0) is 37.3 Å². The summed E-state index contributed by atoms with van der Waals surface area (Å²) in [5.41, 5.74) is 9.71. The molecule has 0 unspecified atom stereocenters. The minimum Gasteiger partial charge on any atom is -0.389 e. The number of pyridine rings is 1. The van der Waals surface area contributed by atoms with E-state index in [9.17, 15) is 0 Å². The summed E-state index contributed by atoms with van der Waals surface area (Å²) in [6.07, 6.45) is 0. The lowest BCUT2D eigenvalue weighted by atomic mass is 10.1. The lowest BCUT2D eigenvalue weighted by Gasteiger charge is -2.22. The molecule has 1 aromatic carbocycles. The van der Waals surface area contributed by atoms with Gasteiger partial charge in [-0.2, -0.15) is 0 Å². The summed E-state index contributed by atoms with van der Waals surface area (Å²) in [6.45, 7) is 2.70. The summed E-state index contributed by atoms with van der Waals surface area (Å²) >= 11 is 8.57. The number of hydrogen-bond acceptors (Lipinski definition) is 3. The fourth-order valence-corrected chi connectivity index (χ4v) is 2.58. The van der Waals surface area contributed by atoms with Crippen LogP contribution in [-0.4, -0.2) is 17.0 Å². The number of benzene rings is 1. The van der Waals surface area contributed by atoms with E-state index in [-0.39, 0.29) is 0 Å². The van der Waals surface area contributed by atoms with Gasteiger partial charge < -0.3 is 10.6 Å². The highest BCUT2D eigenvalue weighted by Crippen LogP contribution is 2.24. The summed E-state index contributed by atoms with van der Waals surface area (Å²) in [7, 11) is 2.01. The third kappa shape index (κ3) is 3.55. The molecule has 20 heavy (non-hydrogen) atoms. The van der Waals surface area contributed by atoms with E-state index < -0.39 is 0 Å². The van der Waals surface area contributed by atoms with Crippen molar-refractivity contribution in [2.45, 2.75) is 13.5 Å². The molecule has 2 N–H and O–H groups in total. The molecule has 104 valence electrons. The smallest absolute Gasteiger partial charge is 0.106 e. The van der Waals surface area contributed by atoms with Gasteiger partial charge >= 0.3 is 0 Å². The molecule has 0 aliphatic heterocycles. The highest BCUT2D eigenvalue weighted by molar-refractivity contribution is 9.10. The molecular weight excluding hydrogens is 334 g/mol. The summed E-state index contributed by atoms with van der Waals surface area (Å²) in [5, 5.41) is 0. The van der Waals surface area contributed by atoms with Crippen molar-refractivity contribution < 1.29 is 0 Å². The molecule has 2 rings (SSSR count). The molecule has 0 radical (unpaired) electrons. The Labute approximate surface area is 132 Å². The van der Waals surface area contributed by atoms with Gasteiger partial charge in [-0.1, -0.05) is 34.2 Å². The Bertz CT molecular complexity index is 643. The molecule has 0 saturated carbocycles. The molecule has 0 fully saturated rings. The predicted molar refractivity (Wildman–Crippen MR) is 91.1 cm³/mol. The summed E-state index contributed by atoms with van der Waals surface area (Å²) in [5.74, 6) is 0. The Balaban J connectivity index is 2.29. The zero-order chi connectivity index (χ0) is 14.7. The Morgan fingerprint density at radius 3 is 2.75 bits per heavy atom. The molecular formula is C15H16BrN3S. The molecule has 0 spiro atoms. The van der Waals surface area contributed by atoms with E-state index in [2.05, 4.69) is 25.8 Å². The fourth-order valence-electron chi connectivity index (χ4n) is 2.05. The van der Waals surface area contributed by atoms with Crippen LogP contribution in [0.3, 0.4) is 0 Å². The van der Waals surface area contributed by atoms with Gasteiger partial charge in [0.25, 0.3) is 0 Å². The first kappa shape index (κ1) is 14.9. The van der Waals surface area contributed by atoms with Crippen molar-refractivity contribution in [1.29, 1.82) is 0 Å². The lowest BCUT2D eigenvalue weighted by Crippen LogP contribution is -2.22. The maximum atomic E-state index is 5.81. The van der Waals surface area contributed by atoms with Crippen molar-refractivity contribution in [3.05, 3.63) is 57.8 Å². The number of nitrogens with two attached hydrogens (primary N) is 1. The van der Waals surface area contributed by atoms with Crippen LogP contribution in [0.5, 0.6) is 0 Å². The number of rotatable bonds is 4. The number of anilines is 1. The second-order valence-electron chi connectivity index (χ2n) is 4.65. The number of halogens is 1. The molecule has 1 aromatic heterocycles. The van der Waals surface area contributed by atoms with Crippen molar-refractivity contribution in [2.24, 2.45) is 5.73 Å². The van der Waals surface area contributed by atoms with E-state index in [4.69, 9.17) is 18.0 Å². The van der Waals surface area contributed by atoms with Gasteiger partial charge in [-0.25, -0.2) is 0 Å². The normalized spacial score (nSPS) is 10.3. The van der Waals surface area contributed by atoms with Gasteiger partial charge in [0.2, 0.25) is 0 Å². The highest BCUT2D eigenvalue weighted by Gasteiger charge is 2.11. The van der Waals surface area contributed by atoms with E-state index in [1.54, 1.807) is 0 Å². The summed E-state index contributed by atoms with van der Waals surface area (Å²) in [4.78, 5) is 7.01. The summed E-state index contributed by atoms with van der Waals surface area (Å²) < 4.78 is 0.964. The van der Waals surface area contributed by atoms with Crippen LogP contribution < -0.4 is 10.6 Å². The highest BCUT2D eigenvalue weighted by atomic mass is 79.9. The van der Waals surface area contributed by atoms with E-state index in [0.29, 0.717) is 11.5 Å². The van der Waals surface area contributed by atoms with E-state index in [1.165, 1.54) is 0 Å². The first-order valence-corrected chi connectivity index (χ1v) is 7.40. The van der Waals surface area contributed by atoms with Crippen LogP contribution in [0.4, 0.5) is 5.69 Å². The third-order valence-electron chi connectivity index (χ3n) is 2.98. The van der Waals surface area contributed by atoms with Crippen LogP contribution in [0.15, 0.2) is 40.9 Å². The molecule has 3 nitrogen and oxygen atoms in total. The quantitative estimate of drug-likeness (QED) is 0.858. The maximum absolute atomic E-state index is 5.81. The SMILES string of the molecule is Cc1cccc(CN(C)c2ccc(Br)cc2C(N)=S)n1. The molecule has 0 amide bonds. The van der Waals surface area contributed by atoms with E-state index in [1.807, 2.05) is 50.4 Å². The van der Waals surface area contributed by atoms with Crippen molar-refractivity contribution in [3.8, 4) is 0 Å². The monoisotopic (exact) mass is 349 g/mol. The average Bonchev–Trinajstić information content (AvgIpc) is 2.38. The van der Waals surface area contributed by atoms with Crippen molar-refractivity contribution in [1.82, 2.24) is 4.98 Å². The largest absolute Gasteiger partial charge is 0.389 e. The zero-order valence-electron chi connectivity index (χ0n) is 11.4. The molecule has 0 bridgehead atoms. The Kier molecular flexibility index (Phi) is 4.73. The van der Waals surface area contributed by atoms with Gasteiger partial charge in [-0.3, -0.25) is 4.98 Å². The van der Waals surface area contributed by atoms with Crippen molar-refractivity contribution in [2.75, 3.05) is 11.9 Å². The molecule has 0 aliphatic rings. The van der Waals surface area contributed by atoms with Crippen molar-refractivity contribution >= 4 is 38.8 Å². The van der Waals surface area contributed by atoms with E-state index in [0.717, 1.165) is 27.1 Å². The number of nitrogens with zero attached hydrogens (tertiary/aromatic N) is 2. The van der Waals surface area contributed by atoms with Gasteiger partial charge in [0.15, 0.2) is 0 Å². The number of thiocarbonyl (C=S) groups is 1. The van der Waals surface area contributed by atoms with Crippen LogP contribution in [0.2, 0.25) is 0 Å². The molecule has 2 aromatic rings. The maximum Gasteiger partial charge on any atom is 0.106 e.